The van der Waals surface area contributed by atoms with Crippen molar-refractivity contribution in [3.05, 3.63) is 0 Å². The molecule has 0 aromatic heterocycles. The summed E-state index contributed by atoms with van der Waals surface area (Å²) in [6.45, 7) is 9.39. The molecule has 1 amide bonds. The zero-order valence-electron chi connectivity index (χ0n) is 12.7. The Morgan fingerprint density at radius 2 is 2.00 bits per heavy atom. The number of rotatable bonds is 2. The van der Waals surface area contributed by atoms with Gasteiger partial charge in [-0.3, -0.25) is 0 Å². The van der Waals surface area contributed by atoms with Crippen molar-refractivity contribution in [2.75, 3.05) is 18.8 Å². The zero-order chi connectivity index (χ0) is 15.8. The van der Waals surface area contributed by atoms with Crippen LogP contribution >= 0.6 is 0 Å². The number of ether oxygens (including phenoxy) is 2. The van der Waals surface area contributed by atoms with E-state index in [0.29, 0.717) is 6.54 Å². The number of hydrogen-bond acceptors (Lipinski definition) is 5. The predicted molar refractivity (Wildman–Crippen MR) is 74.7 cm³/mol. The highest BCUT2D eigenvalue weighted by molar-refractivity contribution is 7.89. The van der Waals surface area contributed by atoms with E-state index >= 15 is 0 Å². The van der Waals surface area contributed by atoms with Crippen LogP contribution in [0.4, 0.5) is 4.79 Å². The molecule has 0 saturated carbocycles. The molecule has 20 heavy (non-hydrogen) atoms. The van der Waals surface area contributed by atoms with E-state index in [2.05, 4.69) is 0 Å². The van der Waals surface area contributed by atoms with Crippen LogP contribution < -0.4 is 5.14 Å². The Kier molecular flexibility index (Phi) is 4.72. The van der Waals surface area contributed by atoms with Gasteiger partial charge in [-0.25, -0.2) is 18.4 Å². The summed E-state index contributed by atoms with van der Waals surface area (Å²) in [5.74, 6) is -0.324. The summed E-state index contributed by atoms with van der Waals surface area (Å²) >= 11 is 0. The molecule has 118 valence electrons. The maximum Gasteiger partial charge on any atom is 0.410 e. The fraction of sp³-hybridized carbons (Fsp3) is 0.917. The van der Waals surface area contributed by atoms with Gasteiger partial charge in [-0.2, -0.15) is 0 Å². The van der Waals surface area contributed by atoms with E-state index in [1.807, 2.05) is 0 Å². The Balaban J connectivity index is 2.80. The van der Waals surface area contributed by atoms with Crippen LogP contribution in [-0.2, 0) is 19.5 Å². The lowest BCUT2D eigenvalue weighted by molar-refractivity contribution is -0.125. The molecule has 7 nitrogen and oxygen atoms in total. The second-order valence-electron chi connectivity index (χ2n) is 6.69. The van der Waals surface area contributed by atoms with E-state index in [0.717, 1.165) is 0 Å². The quantitative estimate of drug-likeness (QED) is 0.809. The summed E-state index contributed by atoms with van der Waals surface area (Å²) in [5, 5.41) is 5.04. The van der Waals surface area contributed by atoms with Gasteiger partial charge in [-0.1, -0.05) is 0 Å². The summed E-state index contributed by atoms with van der Waals surface area (Å²) < 4.78 is 33.3. The van der Waals surface area contributed by atoms with Crippen molar-refractivity contribution in [3.63, 3.8) is 0 Å². The molecule has 0 radical (unpaired) electrons. The molecule has 0 unspecified atom stereocenters. The van der Waals surface area contributed by atoms with Crippen LogP contribution in [0.25, 0.3) is 0 Å². The first-order valence-corrected chi connectivity index (χ1v) is 8.15. The molecule has 0 aromatic rings. The average Bonchev–Trinajstić information content (AvgIpc) is 2.08. The highest BCUT2D eigenvalue weighted by atomic mass is 32.2. The van der Waals surface area contributed by atoms with Crippen molar-refractivity contribution >= 4 is 16.1 Å². The third-order valence-corrected chi connectivity index (χ3v) is 3.39. The number of carbonyl (C=O) groups excluding carboxylic acids is 1. The molecule has 1 saturated heterocycles. The minimum Gasteiger partial charge on any atom is -0.444 e. The Morgan fingerprint density at radius 1 is 1.45 bits per heavy atom. The minimum absolute atomic E-state index is 0.148. The number of sulfonamides is 1. The van der Waals surface area contributed by atoms with E-state index in [1.54, 1.807) is 34.6 Å². The first-order chi connectivity index (χ1) is 8.77. The summed E-state index contributed by atoms with van der Waals surface area (Å²) in [5.41, 5.74) is -1.25. The number of nitrogens with two attached hydrogens (primary N) is 1. The summed E-state index contributed by atoms with van der Waals surface area (Å²) in [6, 6.07) is 0. The molecular formula is C12H24N2O5S. The van der Waals surface area contributed by atoms with Crippen LogP contribution in [0.5, 0.6) is 0 Å². The van der Waals surface area contributed by atoms with Gasteiger partial charge >= 0.3 is 6.09 Å². The number of carbonyl (C=O) groups is 1. The van der Waals surface area contributed by atoms with Crippen LogP contribution in [0.3, 0.4) is 0 Å². The Bertz CT molecular complexity index is 467. The number of amides is 1. The maximum atomic E-state index is 12.1. The van der Waals surface area contributed by atoms with Crippen molar-refractivity contribution in [3.8, 4) is 0 Å². The zero-order valence-corrected chi connectivity index (χ0v) is 13.5. The molecule has 1 fully saturated rings. The predicted octanol–water partition coefficient (Wildman–Crippen LogP) is 0.689. The SMILES string of the molecule is CC(C)(C)OC(=O)N1C[C@H](CS(N)(=O)=O)OC(C)(C)C1. The molecule has 1 aliphatic rings. The standard InChI is InChI=1S/C12H24N2O5S/c1-11(2,3)19-10(15)14-6-9(7-20(13,16)17)18-12(4,5)8-14/h9H,6-8H2,1-5H3,(H2,13,16,17)/t9-/m1/s1. The number of primary sulfonamides is 1. The fourth-order valence-corrected chi connectivity index (χ4v) is 2.80. The largest absolute Gasteiger partial charge is 0.444 e. The Labute approximate surface area is 120 Å². The van der Waals surface area contributed by atoms with Crippen molar-refractivity contribution in [1.82, 2.24) is 4.90 Å². The highest BCUT2D eigenvalue weighted by Crippen LogP contribution is 2.23. The van der Waals surface area contributed by atoms with E-state index < -0.39 is 33.4 Å². The van der Waals surface area contributed by atoms with Crippen molar-refractivity contribution in [2.45, 2.75) is 51.9 Å². The van der Waals surface area contributed by atoms with Crippen molar-refractivity contribution in [1.29, 1.82) is 0 Å². The summed E-state index contributed by atoms with van der Waals surface area (Å²) in [6.07, 6.45) is -1.13. The Morgan fingerprint density at radius 3 is 2.45 bits per heavy atom. The van der Waals surface area contributed by atoms with Crippen LogP contribution in [0, 0.1) is 0 Å². The second kappa shape index (κ2) is 5.50. The third-order valence-electron chi connectivity index (χ3n) is 2.55. The first-order valence-electron chi connectivity index (χ1n) is 6.44. The van der Waals surface area contributed by atoms with Crippen LogP contribution in [0.1, 0.15) is 34.6 Å². The first kappa shape index (κ1) is 17.2. The van der Waals surface area contributed by atoms with Gasteiger partial charge in [0, 0.05) is 0 Å². The molecule has 0 aromatic carbocycles. The van der Waals surface area contributed by atoms with Gasteiger partial charge < -0.3 is 14.4 Å². The smallest absolute Gasteiger partial charge is 0.410 e. The van der Waals surface area contributed by atoms with E-state index in [1.165, 1.54) is 4.90 Å². The van der Waals surface area contributed by atoms with Gasteiger partial charge in [0.1, 0.15) is 5.60 Å². The third kappa shape index (κ3) is 6.06. The average molecular weight is 308 g/mol. The molecule has 8 heteroatoms. The number of hydrogen-bond donors (Lipinski definition) is 1. The molecule has 1 atom stereocenters. The van der Waals surface area contributed by atoms with Gasteiger partial charge in [0.2, 0.25) is 10.0 Å². The lowest BCUT2D eigenvalue weighted by atomic mass is 10.1. The maximum absolute atomic E-state index is 12.1. The van der Waals surface area contributed by atoms with Gasteiger partial charge in [0.05, 0.1) is 30.5 Å². The van der Waals surface area contributed by atoms with Gasteiger partial charge in [0.15, 0.2) is 0 Å². The van der Waals surface area contributed by atoms with Crippen LogP contribution in [-0.4, -0.2) is 55.6 Å². The molecule has 0 bridgehead atoms. The van der Waals surface area contributed by atoms with Crippen LogP contribution in [0.15, 0.2) is 0 Å². The highest BCUT2D eigenvalue weighted by Gasteiger charge is 2.38. The normalized spacial score (nSPS) is 23.5. The lowest BCUT2D eigenvalue weighted by Crippen LogP contribution is -2.57. The number of morpholine rings is 1. The second-order valence-corrected chi connectivity index (χ2v) is 8.35. The molecule has 2 N–H and O–H groups in total. The molecule has 1 heterocycles. The fourth-order valence-electron chi connectivity index (χ4n) is 2.11. The minimum atomic E-state index is -3.66. The topological polar surface area (TPSA) is 98.9 Å². The number of nitrogens with zero attached hydrogens (tertiary/aromatic N) is 1. The molecule has 1 rings (SSSR count). The van der Waals surface area contributed by atoms with Crippen molar-refractivity contribution < 1.29 is 22.7 Å². The summed E-state index contributed by atoms with van der Waals surface area (Å²) in [4.78, 5) is 13.5. The van der Waals surface area contributed by atoms with Gasteiger partial charge in [-0.15, -0.1) is 0 Å². The van der Waals surface area contributed by atoms with Gasteiger partial charge in [0.25, 0.3) is 0 Å². The lowest BCUT2D eigenvalue weighted by Gasteiger charge is -2.42. The molecule has 0 spiro atoms. The van der Waals surface area contributed by atoms with E-state index in [-0.39, 0.29) is 12.3 Å². The van der Waals surface area contributed by atoms with Gasteiger partial charge in [-0.05, 0) is 34.6 Å². The molecular weight excluding hydrogens is 284 g/mol. The Hall–Kier alpha value is -0.860. The summed E-state index contributed by atoms with van der Waals surface area (Å²) in [7, 11) is -3.66. The van der Waals surface area contributed by atoms with E-state index in [4.69, 9.17) is 14.6 Å². The monoisotopic (exact) mass is 308 g/mol. The van der Waals surface area contributed by atoms with E-state index in [9.17, 15) is 13.2 Å². The van der Waals surface area contributed by atoms with Crippen LogP contribution in [0.2, 0.25) is 0 Å². The molecule has 1 aliphatic heterocycles. The molecule has 0 aliphatic carbocycles. The van der Waals surface area contributed by atoms with Crippen molar-refractivity contribution in [2.24, 2.45) is 5.14 Å².